The normalized spacial score (nSPS) is 10.9. The summed E-state index contributed by atoms with van der Waals surface area (Å²) in [5, 5.41) is 3.21. The van der Waals surface area contributed by atoms with Crippen LogP contribution in [0.5, 0.6) is 0 Å². The number of hydrogen-bond donors (Lipinski definition) is 1. The van der Waals surface area contributed by atoms with E-state index in [1.54, 1.807) is 7.11 Å². The summed E-state index contributed by atoms with van der Waals surface area (Å²) in [4.78, 5) is 0. The van der Waals surface area contributed by atoms with Crippen molar-refractivity contribution in [2.24, 2.45) is 0 Å². The van der Waals surface area contributed by atoms with Crippen molar-refractivity contribution >= 4 is 0 Å². The summed E-state index contributed by atoms with van der Waals surface area (Å²) in [6.45, 7) is 5.78. The van der Waals surface area contributed by atoms with Crippen molar-refractivity contribution < 1.29 is 13.9 Å². The summed E-state index contributed by atoms with van der Waals surface area (Å²) in [5.74, 6) is 1.84. The second-order valence-corrected chi connectivity index (χ2v) is 3.55. The summed E-state index contributed by atoms with van der Waals surface area (Å²) >= 11 is 0. The second kappa shape index (κ2) is 8.33. The van der Waals surface area contributed by atoms with E-state index in [9.17, 15) is 0 Å². The molecule has 1 heterocycles. The molecule has 4 heteroatoms. The largest absolute Gasteiger partial charge is 0.462 e. The standard InChI is InChI=1S/C12H21NO3/c1-3-13-9-11-5-6-12(16-11)10-15-8-4-7-14-2/h5-6,13H,3-4,7-10H2,1-2H3. The van der Waals surface area contributed by atoms with Crippen LogP contribution in [0, 0.1) is 0 Å². The Morgan fingerprint density at radius 3 is 2.81 bits per heavy atom. The van der Waals surface area contributed by atoms with Gasteiger partial charge in [0.2, 0.25) is 0 Å². The summed E-state index contributed by atoms with van der Waals surface area (Å²) in [5.41, 5.74) is 0. The molecular formula is C12H21NO3. The predicted molar refractivity (Wildman–Crippen MR) is 62.2 cm³/mol. The lowest BCUT2D eigenvalue weighted by Gasteiger charge is -2.01. The molecule has 0 radical (unpaired) electrons. The molecule has 1 aromatic rings. The average molecular weight is 227 g/mol. The fraction of sp³-hybridized carbons (Fsp3) is 0.667. The van der Waals surface area contributed by atoms with Crippen LogP contribution in [0.2, 0.25) is 0 Å². The van der Waals surface area contributed by atoms with Gasteiger partial charge in [-0.15, -0.1) is 0 Å². The summed E-state index contributed by atoms with van der Waals surface area (Å²) in [6.07, 6.45) is 0.918. The minimum atomic E-state index is 0.538. The molecule has 0 aliphatic carbocycles. The minimum Gasteiger partial charge on any atom is -0.462 e. The van der Waals surface area contributed by atoms with Gasteiger partial charge in [-0.2, -0.15) is 0 Å². The van der Waals surface area contributed by atoms with Crippen molar-refractivity contribution in [3.8, 4) is 0 Å². The molecule has 0 amide bonds. The molecule has 1 rings (SSSR count). The SMILES string of the molecule is CCNCc1ccc(COCCCOC)o1. The van der Waals surface area contributed by atoms with Gasteiger partial charge < -0.3 is 19.2 Å². The predicted octanol–water partition coefficient (Wildman–Crippen LogP) is 1.94. The van der Waals surface area contributed by atoms with Gasteiger partial charge in [0, 0.05) is 20.3 Å². The van der Waals surface area contributed by atoms with E-state index in [1.165, 1.54) is 0 Å². The van der Waals surface area contributed by atoms with Crippen molar-refractivity contribution in [1.82, 2.24) is 5.32 Å². The van der Waals surface area contributed by atoms with Crippen LogP contribution in [0.1, 0.15) is 24.9 Å². The van der Waals surface area contributed by atoms with Gasteiger partial charge in [0.15, 0.2) is 0 Å². The molecule has 1 aromatic heterocycles. The summed E-state index contributed by atoms with van der Waals surface area (Å²) < 4.78 is 15.9. The first-order chi connectivity index (χ1) is 7.86. The van der Waals surface area contributed by atoms with Crippen molar-refractivity contribution in [2.75, 3.05) is 26.9 Å². The highest BCUT2D eigenvalue weighted by Crippen LogP contribution is 2.08. The van der Waals surface area contributed by atoms with E-state index in [4.69, 9.17) is 13.9 Å². The van der Waals surface area contributed by atoms with Crippen LogP contribution in [-0.4, -0.2) is 26.9 Å². The fourth-order valence-electron chi connectivity index (χ4n) is 1.32. The first-order valence-corrected chi connectivity index (χ1v) is 5.71. The maximum Gasteiger partial charge on any atom is 0.129 e. The zero-order valence-electron chi connectivity index (χ0n) is 10.1. The molecule has 0 atom stereocenters. The number of nitrogens with one attached hydrogen (secondary N) is 1. The maximum absolute atomic E-state index is 5.57. The molecule has 0 aliphatic rings. The Balaban J connectivity index is 2.14. The van der Waals surface area contributed by atoms with Crippen LogP contribution in [0.15, 0.2) is 16.5 Å². The summed E-state index contributed by atoms with van der Waals surface area (Å²) in [7, 11) is 1.69. The zero-order valence-corrected chi connectivity index (χ0v) is 10.1. The van der Waals surface area contributed by atoms with Crippen LogP contribution < -0.4 is 5.32 Å². The van der Waals surface area contributed by atoms with E-state index >= 15 is 0 Å². The van der Waals surface area contributed by atoms with Gasteiger partial charge in [-0.3, -0.25) is 0 Å². The third-order valence-electron chi connectivity index (χ3n) is 2.15. The van der Waals surface area contributed by atoms with Gasteiger partial charge in [-0.05, 0) is 25.1 Å². The Labute approximate surface area is 96.9 Å². The molecule has 92 valence electrons. The molecular weight excluding hydrogens is 206 g/mol. The number of rotatable bonds is 9. The van der Waals surface area contributed by atoms with Crippen LogP contribution in [0.3, 0.4) is 0 Å². The van der Waals surface area contributed by atoms with Crippen molar-refractivity contribution in [1.29, 1.82) is 0 Å². The molecule has 0 fully saturated rings. The Morgan fingerprint density at radius 2 is 2.06 bits per heavy atom. The van der Waals surface area contributed by atoms with Crippen molar-refractivity contribution in [3.05, 3.63) is 23.7 Å². The average Bonchev–Trinajstić information content (AvgIpc) is 2.74. The van der Waals surface area contributed by atoms with E-state index in [2.05, 4.69) is 12.2 Å². The van der Waals surface area contributed by atoms with E-state index in [0.29, 0.717) is 13.2 Å². The van der Waals surface area contributed by atoms with Crippen LogP contribution in [0.25, 0.3) is 0 Å². The first kappa shape index (κ1) is 13.2. The van der Waals surface area contributed by atoms with Crippen molar-refractivity contribution in [2.45, 2.75) is 26.5 Å². The second-order valence-electron chi connectivity index (χ2n) is 3.55. The van der Waals surface area contributed by atoms with E-state index < -0.39 is 0 Å². The first-order valence-electron chi connectivity index (χ1n) is 5.71. The van der Waals surface area contributed by atoms with Gasteiger partial charge in [0.1, 0.15) is 18.1 Å². The smallest absolute Gasteiger partial charge is 0.129 e. The fourth-order valence-corrected chi connectivity index (χ4v) is 1.32. The van der Waals surface area contributed by atoms with Crippen LogP contribution in [0.4, 0.5) is 0 Å². The van der Waals surface area contributed by atoms with Crippen LogP contribution >= 0.6 is 0 Å². The highest BCUT2D eigenvalue weighted by molar-refractivity contribution is 5.06. The highest BCUT2D eigenvalue weighted by atomic mass is 16.5. The lowest BCUT2D eigenvalue weighted by Crippen LogP contribution is -2.10. The van der Waals surface area contributed by atoms with Gasteiger partial charge in [-0.25, -0.2) is 0 Å². The number of furan rings is 1. The number of ether oxygens (including phenoxy) is 2. The molecule has 0 unspecified atom stereocenters. The Kier molecular flexibility index (Phi) is 6.88. The number of methoxy groups -OCH3 is 1. The van der Waals surface area contributed by atoms with Gasteiger partial charge in [0.05, 0.1) is 6.54 Å². The molecule has 16 heavy (non-hydrogen) atoms. The van der Waals surface area contributed by atoms with E-state index in [-0.39, 0.29) is 0 Å². The van der Waals surface area contributed by atoms with E-state index in [1.807, 2.05) is 12.1 Å². The lowest BCUT2D eigenvalue weighted by atomic mass is 10.4. The molecule has 0 saturated heterocycles. The molecule has 0 bridgehead atoms. The highest BCUT2D eigenvalue weighted by Gasteiger charge is 2.01. The molecule has 0 aromatic carbocycles. The molecule has 1 N–H and O–H groups in total. The van der Waals surface area contributed by atoms with E-state index in [0.717, 1.165) is 37.6 Å². The van der Waals surface area contributed by atoms with Crippen LogP contribution in [-0.2, 0) is 22.6 Å². The van der Waals surface area contributed by atoms with Gasteiger partial charge in [-0.1, -0.05) is 6.92 Å². The minimum absolute atomic E-state index is 0.538. The van der Waals surface area contributed by atoms with Gasteiger partial charge >= 0.3 is 0 Å². The molecule has 4 nitrogen and oxygen atoms in total. The molecule has 0 spiro atoms. The Bertz CT molecular complexity index is 273. The zero-order chi connectivity index (χ0) is 11.6. The summed E-state index contributed by atoms with van der Waals surface area (Å²) in [6, 6.07) is 3.94. The third-order valence-corrected chi connectivity index (χ3v) is 2.15. The van der Waals surface area contributed by atoms with Gasteiger partial charge in [0.25, 0.3) is 0 Å². The topological polar surface area (TPSA) is 43.6 Å². The molecule has 0 saturated carbocycles. The Morgan fingerprint density at radius 1 is 1.25 bits per heavy atom. The Hall–Kier alpha value is -0.840. The number of hydrogen-bond acceptors (Lipinski definition) is 4. The third kappa shape index (κ3) is 5.30. The maximum atomic E-state index is 5.57. The lowest BCUT2D eigenvalue weighted by molar-refractivity contribution is 0.0821. The molecule has 0 aliphatic heterocycles. The van der Waals surface area contributed by atoms with Crippen molar-refractivity contribution in [3.63, 3.8) is 0 Å². The monoisotopic (exact) mass is 227 g/mol. The quantitative estimate of drug-likeness (QED) is 0.655.